The molecule has 1 aromatic carbocycles. The van der Waals surface area contributed by atoms with E-state index in [-0.39, 0.29) is 25.0 Å². The van der Waals surface area contributed by atoms with Gasteiger partial charge in [-0.25, -0.2) is 0 Å². The Morgan fingerprint density at radius 3 is 2.26 bits per heavy atom. The fourth-order valence-electron chi connectivity index (χ4n) is 2.42. The van der Waals surface area contributed by atoms with Gasteiger partial charge in [-0.05, 0) is 18.6 Å². The minimum atomic E-state index is -0.622. The zero-order chi connectivity index (χ0) is 16.8. The van der Waals surface area contributed by atoms with Crippen LogP contribution in [-0.2, 0) is 14.3 Å². The van der Waals surface area contributed by atoms with Gasteiger partial charge in [0.25, 0.3) is 11.8 Å². The van der Waals surface area contributed by atoms with E-state index in [9.17, 15) is 14.4 Å². The molecule has 2 rings (SSSR count). The van der Waals surface area contributed by atoms with Gasteiger partial charge in [0, 0.05) is 13.5 Å². The predicted octanol–water partition coefficient (Wildman–Crippen LogP) is 2.03. The second-order valence-electron chi connectivity index (χ2n) is 5.41. The fourth-order valence-corrected chi connectivity index (χ4v) is 2.42. The van der Waals surface area contributed by atoms with Crippen LogP contribution in [0.1, 0.15) is 47.4 Å². The first-order chi connectivity index (χ1) is 11.1. The zero-order valence-electron chi connectivity index (χ0n) is 13.4. The van der Waals surface area contributed by atoms with E-state index in [2.05, 4.69) is 0 Å². The van der Waals surface area contributed by atoms with Gasteiger partial charge in [0.1, 0.15) is 6.61 Å². The monoisotopic (exact) mass is 319 g/mol. The van der Waals surface area contributed by atoms with Crippen molar-refractivity contribution in [3.63, 3.8) is 0 Å². The van der Waals surface area contributed by atoms with E-state index in [0.29, 0.717) is 17.7 Å². The molecule has 0 spiro atoms. The highest BCUT2D eigenvalue weighted by Crippen LogP contribution is 2.24. The van der Waals surface area contributed by atoms with Crippen LogP contribution in [-0.4, -0.2) is 48.5 Å². The number of unbranched alkanes of at least 4 members (excludes halogenated alkanes) is 1. The molecule has 6 nitrogen and oxygen atoms in total. The third kappa shape index (κ3) is 3.96. The second kappa shape index (κ2) is 7.87. The Morgan fingerprint density at radius 2 is 1.74 bits per heavy atom. The maximum Gasteiger partial charge on any atom is 0.302 e. The summed E-state index contributed by atoms with van der Waals surface area (Å²) in [5, 5.41) is 0. The van der Waals surface area contributed by atoms with Gasteiger partial charge in [-0.15, -0.1) is 0 Å². The maximum absolute atomic E-state index is 12.5. The topological polar surface area (TPSA) is 72.9 Å². The summed E-state index contributed by atoms with van der Waals surface area (Å²) in [6.45, 7) is 3.96. The Labute approximate surface area is 135 Å². The Hall–Kier alpha value is -2.21. The molecule has 6 heteroatoms. The van der Waals surface area contributed by atoms with E-state index in [1.807, 2.05) is 6.92 Å². The zero-order valence-corrected chi connectivity index (χ0v) is 13.4. The van der Waals surface area contributed by atoms with Gasteiger partial charge in [0.2, 0.25) is 0 Å². The van der Waals surface area contributed by atoms with Crippen molar-refractivity contribution in [3.05, 3.63) is 35.4 Å². The van der Waals surface area contributed by atoms with Crippen molar-refractivity contribution in [1.82, 2.24) is 4.90 Å². The lowest BCUT2D eigenvalue weighted by Gasteiger charge is -2.25. The fraction of sp³-hybridized carbons (Fsp3) is 0.471. The molecule has 1 heterocycles. The van der Waals surface area contributed by atoms with Crippen LogP contribution in [0.4, 0.5) is 0 Å². The molecule has 0 aliphatic carbocycles. The SMILES string of the molecule is CCCCOC[C@H](COC(C)=O)N1C(=O)c2ccccc2C1=O. The molecule has 1 aromatic rings. The summed E-state index contributed by atoms with van der Waals surface area (Å²) in [6.07, 6.45) is 1.88. The predicted molar refractivity (Wildman–Crippen MR) is 83.1 cm³/mol. The number of carbonyl (C=O) groups is 3. The number of esters is 1. The van der Waals surface area contributed by atoms with Crippen molar-refractivity contribution in [2.45, 2.75) is 32.7 Å². The van der Waals surface area contributed by atoms with Crippen molar-refractivity contribution in [2.75, 3.05) is 19.8 Å². The average molecular weight is 319 g/mol. The molecule has 0 saturated heterocycles. The Bertz CT molecular complexity index is 563. The third-order valence-electron chi connectivity index (χ3n) is 3.62. The first-order valence-electron chi connectivity index (χ1n) is 7.74. The summed E-state index contributed by atoms with van der Waals surface area (Å²) in [7, 11) is 0. The van der Waals surface area contributed by atoms with Crippen molar-refractivity contribution >= 4 is 17.8 Å². The number of amides is 2. The molecule has 0 fully saturated rings. The summed E-state index contributed by atoms with van der Waals surface area (Å²) < 4.78 is 10.5. The lowest BCUT2D eigenvalue weighted by atomic mass is 10.1. The maximum atomic E-state index is 12.5. The lowest BCUT2D eigenvalue weighted by Crippen LogP contribution is -2.45. The number of hydrogen-bond acceptors (Lipinski definition) is 5. The van der Waals surface area contributed by atoms with Crippen molar-refractivity contribution in [3.8, 4) is 0 Å². The first kappa shape index (κ1) is 17.1. The van der Waals surface area contributed by atoms with Crippen molar-refractivity contribution in [1.29, 1.82) is 0 Å². The molecule has 1 aliphatic rings. The minimum Gasteiger partial charge on any atom is -0.464 e. The molecule has 1 atom stereocenters. The largest absolute Gasteiger partial charge is 0.464 e. The Morgan fingerprint density at radius 1 is 1.13 bits per heavy atom. The van der Waals surface area contributed by atoms with Gasteiger partial charge in [-0.2, -0.15) is 0 Å². The smallest absolute Gasteiger partial charge is 0.302 e. The van der Waals surface area contributed by atoms with E-state index in [4.69, 9.17) is 9.47 Å². The van der Waals surface area contributed by atoms with Crippen LogP contribution < -0.4 is 0 Å². The molecular weight excluding hydrogens is 298 g/mol. The number of benzene rings is 1. The molecular formula is C17H21NO5. The standard InChI is InChI=1S/C17H21NO5/c1-3-4-9-22-10-13(11-23-12(2)19)18-16(20)14-7-5-6-8-15(14)17(18)21/h5-8,13H,3-4,9-11H2,1-2H3/t13-/m1/s1. The van der Waals surface area contributed by atoms with Gasteiger partial charge in [-0.3, -0.25) is 19.3 Å². The molecule has 0 saturated carbocycles. The molecule has 1 aliphatic heterocycles. The normalized spacial score (nSPS) is 14.8. The van der Waals surface area contributed by atoms with Crippen LogP contribution >= 0.6 is 0 Å². The number of hydrogen-bond donors (Lipinski definition) is 0. The summed E-state index contributed by atoms with van der Waals surface area (Å²) in [5.41, 5.74) is 0.748. The van der Waals surface area contributed by atoms with Crippen LogP contribution in [0.15, 0.2) is 24.3 Å². The van der Waals surface area contributed by atoms with Crippen molar-refractivity contribution < 1.29 is 23.9 Å². The highest BCUT2D eigenvalue weighted by atomic mass is 16.5. The van der Waals surface area contributed by atoms with Gasteiger partial charge in [-0.1, -0.05) is 25.5 Å². The molecule has 0 bridgehead atoms. The minimum absolute atomic E-state index is 0.0626. The summed E-state index contributed by atoms with van der Waals surface area (Å²) in [4.78, 5) is 37.2. The molecule has 2 amide bonds. The highest BCUT2D eigenvalue weighted by Gasteiger charge is 2.40. The third-order valence-corrected chi connectivity index (χ3v) is 3.62. The quantitative estimate of drug-likeness (QED) is 0.416. The van der Waals surface area contributed by atoms with Gasteiger partial charge >= 0.3 is 5.97 Å². The Balaban J connectivity index is 2.13. The van der Waals surface area contributed by atoms with Gasteiger partial charge in [0.15, 0.2) is 0 Å². The average Bonchev–Trinajstić information content (AvgIpc) is 2.79. The van der Waals surface area contributed by atoms with E-state index >= 15 is 0 Å². The van der Waals surface area contributed by atoms with E-state index in [1.165, 1.54) is 6.92 Å². The molecule has 124 valence electrons. The van der Waals surface area contributed by atoms with Crippen LogP contribution in [0.25, 0.3) is 0 Å². The van der Waals surface area contributed by atoms with Crippen molar-refractivity contribution in [2.24, 2.45) is 0 Å². The van der Waals surface area contributed by atoms with Crippen LogP contribution in [0.3, 0.4) is 0 Å². The summed E-state index contributed by atoms with van der Waals surface area (Å²) >= 11 is 0. The second-order valence-corrected chi connectivity index (χ2v) is 5.41. The molecule has 23 heavy (non-hydrogen) atoms. The number of rotatable bonds is 8. The molecule has 0 radical (unpaired) electrons. The van der Waals surface area contributed by atoms with E-state index in [1.54, 1.807) is 24.3 Å². The number of ether oxygens (including phenoxy) is 2. The van der Waals surface area contributed by atoms with Crippen LogP contribution in [0, 0.1) is 0 Å². The lowest BCUT2D eigenvalue weighted by molar-refractivity contribution is -0.142. The highest BCUT2D eigenvalue weighted by molar-refractivity contribution is 6.21. The van der Waals surface area contributed by atoms with Crippen LogP contribution in [0.5, 0.6) is 0 Å². The van der Waals surface area contributed by atoms with E-state index < -0.39 is 12.0 Å². The van der Waals surface area contributed by atoms with Gasteiger partial charge in [0.05, 0.1) is 23.8 Å². The first-order valence-corrected chi connectivity index (χ1v) is 7.74. The van der Waals surface area contributed by atoms with Gasteiger partial charge < -0.3 is 9.47 Å². The molecule has 0 aromatic heterocycles. The Kier molecular flexibility index (Phi) is 5.87. The summed E-state index contributed by atoms with van der Waals surface area (Å²) in [6, 6.07) is 6.05. The molecule has 0 unspecified atom stereocenters. The molecule has 0 N–H and O–H groups in total. The number of nitrogens with zero attached hydrogens (tertiary/aromatic N) is 1. The number of imide groups is 1. The van der Waals surface area contributed by atoms with E-state index in [0.717, 1.165) is 17.7 Å². The number of fused-ring (bicyclic) bond motifs is 1. The van der Waals surface area contributed by atoms with Crippen LogP contribution in [0.2, 0.25) is 0 Å². The number of carbonyl (C=O) groups excluding carboxylic acids is 3. The summed E-state index contributed by atoms with van der Waals surface area (Å²) in [5.74, 6) is -1.20.